The minimum absolute atomic E-state index is 0.821. The minimum Gasteiger partial charge on any atom is -0.369 e. The molecule has 0 aliphatic heterocycles. The second-order valence-electron chi connectivity index (χ2n) is 5.06. The molecule has 0 aliphatic carbocycles. The zero-order chi connectivity index (χ0) is 14.8. The maximum Gasteiger partial charge on any atom is 0.138 e. The van der Waals surface area contributed by atoms with E-state index in [1.807, 2.05) is 11.7 Å². The van der Waals surface area contributed by atoms with Crippen LogP contribution in [0.1, 0.15) is 24.1 Å². The third-order valence-corrected chi connectivity index (χ3v) is 4.33. The van der Waals surface area contributed by atoms with Crippen LogP contribution >= 0.6 is 11.3 Å². The molecule has 0 atom stereocenters. The monoisotopic (exact) mass is 301 g/mol. The van der Waals surface area contributed by atoms with E-state index in [1.165, 1.54) is 5.69 Å². The highest BCUT2D eigenvalue weighted by Gasteiger charge is 2.08. The molecule has 0 spiro atoms. The standard InChI is InChI=1S/C15H19N5S/c1-4-13-17-14(12-6-8-21-15(12)18-13)16-7-5-11-9-10(2)20(3)19-11/h6,8-9H,4-5,7H2,1-3H3,(H,16,17,18). The van der Waals surface area contributed by atoms with Gasteiger partial charge in [-0.1, -0.05) is 6.92 Å². The van der Waals surface area contributed by atoms with Crippen molar-refractivity contribution < 1.29 is 0 Å². The van der Waals surface area contributed by atoms with Crippen molar-refractivity contribution in [1.82, 2.24) is 19.7 Å². The Morgan fingerprint density at radius 1 is 1.33 bits per heavy atom. The Kier molecular flexibility index (Phi) is 3.88. The molecule has 6 heteroatoms. The molecular weight excluding hydrogens is 282 g/mol. The molecule has 0 saturated carbocycles. The van der Waals surface area contributed by atoms with E-state index in [-0.39, 0.29) is 0 Å². The van der Waals surface area contributed by atoms with Crippen molar-refractivity contribution in [2.75, 3.05) is 11.9 Å². The van der Waals surface area contributed by atoms with Crippen molar-refractivity contribution in [3.8, 4) is 0 Å². The lowest BCUT2D eigenvalue weighted by Gasteiger charge is -2.07. The number of aryl methyl sites for hydroxylation is 3. The SMILES string of the molecule is CCc1nc(NCCc2cc(C)n(C)n2)c2ccsc2n1. The average Bonchev–Trinajstić information content (AvgIpc) is 3.06. The van der Waals surface area contributed by atoms with Gasteiger partial charge >= 0.3 is 0 Å². The Morgan fingerprint density at radius 3 is 2.90 bits per heavy atom. The van der Waals surface area contributed by atoms with Crippen molar-refractivity contribution in [2.45, 2.75) is 26.7 Å². The maximum atomic E-state index is 4.60. The first kappa shape index (κ1) is 14.0. The molecular formula is C15H19N5S. The fraction of sp³-hybridized carbons (Fsp3) is 0.400. The fourth-order valence-corrected chi connectivity index (χ4v) is 3.04. The van der Waals surface area contributed by atoms with Gasteiger partial charge in [-0.2, -0.15) is 5.10 Å². The minimum atomic E-state index is 0.821. The van der Waals surface area contributed by atoms with Gasteiger partial charge in [-0.25, -0.2) is 9.97 Å². The van der Waals surface area contributed by atoms with E-state index in [2.05, 4.69) is 51.7 Å². The summed E-state index contributed by atoms with van der Waals surface area (Å²) in [4.78, 5) is 10.2. The molecule has 3 rings (SSSR count). The lowest BCUT2D eigenvalue weighted by atomic mass is 10.3. The summed E-state index contributed by atoms with van der Waals surface area (Å²) in [6.45, 7) is 4.97. The number of rotatable bonds is 5. The molecule has 110 valence electrons. The molecule has 0 amide bonds. The van der Waals surface area contributed by atoms with Gasteiger partial charge in [0.1, 0.15) is 16.5 Å². The van der Waals surface area contributed by atoms with Crippen LogP contribution in [0.25, 0.3) is 10.2 Å². The quantitative estimate of drug-likeness (QED) is 0.787. The van der Waals surface area contributed by atoms with Gasteiger partial charge in [0.15, 0.2) is 0 Å². The molecule has 0 unspecified atom stereocenters. The predicted octanol–water partition coefficient (Wildman–Crippen LogP) is 2.95. The molecule has 3 heterocycles. The zero-order valence-corrected chi connectivity index (χ0v) is 13.4. The number of anilines is 1. The van der Waals surface area contributed by atoms with E-state index in [9.17, 15) is 0 Å². The molecule has 0 saturated heterocycles. The summed E-state index contributed by atoms with van der Waals surface area (Å²) < 4.78 is 1.91. The topological polar surface area (TPSA) is 55.6 Å². The molecule has 0 radical (unpaired) electrons. The van der Waals surface area contributed by atoms with Gasteiger partial charge in [0.25, 0.3) is 0 Å². The van der Waals surface area contributed by atoms with Gasteiger partial charge in [0.2, 0.25) is 0 Å². The highest BCUT2D eigenvalue weighted by Crippen LogP contribution is 2.25. The van der Waals surface area contributed by atoms with Gasteiger partial charge in [-0.3, -0.25) is 4.68 Å². The molecule has 5 nitrogen and oxygen atoms in total. The van der Waals surface area contributed by atoms with Crippen LogP contribution in [0.4, 0.5) is 5.82 Å². The Bertz CT molecular complexity index is 739. The number of aromatic nitrogens is 4. The molecule has 1 N–H and O–H groups in total. The van der Waals surface area contributed by atoms with Crippen LogP contribution < -0.4 is 5.32 Å². The van der Waals surface area contributed by atoms with Crippen LogP contribution in [-0.2, 0) is 19.9 Å². The summed E-state index contributed by atoms with van der Waals surface area (Å²) in [5.41, 5.74) is 2.29. The van der Waals surface area contributed by atoms with Crippen LogP contribution in [0.15, 0.2) is 17.5 Å². The van der Waals surface area contributed by atoms with E-state index in [0.717, 1.165) is 46.9 Å². The normalized spacial score (nSPS) is 11.2. The number of thiophene rings is 1. The number of nitrogens with one attached hydrogen (secondary N) is 1. The Hall–Kier alpha value is -1.95. The fourth-order valence-electron chi connectivity index (χ4n) is 2.26. The highest BCUT2D eigenvalue weighted by molar-refractivity contribution is 7.16. The van der Waals surface area contributed by atoms with E-state index in [1.54, 1.807) is 11.3 Å². The van der Waals surface area contributed by atoms with Crippen molar-refractivity contribution in [3.05, 3.63) is 34.7 Å². The number of fused-ring (bicyclic) bond motifs is 1. The molecule has 3 aromatic heterocycles. The van der Waals surface area contributed by atoms with E-state index < -0.39 is 0 Å². The second kappa shape index (κ2) is 5.81. The molecule has 0 aliphatic rings. The zero-order valence-electron chi connectivity index (χ0n) is 12.6. The first-order valence-corrected chi connectivity index (χ1v) is 8.03. The molecule has 0 aromatic carbocycles. The number of nitrogens with zero attached hydrogens (tertiary/aromatic N) is 4. The van der Waals surface area contributed by atoms with Crippen molar-refractivity contribution >= 4 is 27.4 Å². The third kappa shape index (κ3) is 2.90. The largest absolute Gasteiger partial charge is 0.369 e. The lowest BCUT2D eigenvalue weighted by Crippen LogP contribution is -2.08. The van der Waals surface area contributed by atoms with Crippen molar-refractivity contribution in [2.24, 2.45) is 7.05 Å². The van der Waals surface area contributed by atoms with E-state index >= 15 is 0 Å². The van der Waals surface area contributed by atoms with Crippen LogP contribution in [0.2, 0.25) is 0 Å². The molecule has 3 aromatic rings. The molecule has 0 bridgehead atoms. The third-order valence-electron chi connectivity index (χ3n) is 3.53. The second-order valence-corrected chi connectivity index (χ2v) is 5.95. The van der Waals surface area contributed by atoms with Crippen LogP contribution in [0, 0.1) is 6.92 Å². The summed E-state index contributed by atoms with van der Waals surface area (Å²) in [7, 11) is 1.97. The van der Waals surface area contributed by atoms with Gasteiger partial charge < -0.3 is 5.32 Å². The number of hydrogen-bond donors (Lipinski definition) is 1. The average molecular weight is 301 g/mol. The smallest absolute Gasteiger partial charge is 0.138 e. The number of hydrogen-bond acceptors (Lipinski definition) is 5. The predicted molar refractivity (Wildman–Crippen MR) is 86.9 cm³/mol. The summed E-state index contributed by atoms with van der Waals surface area (Å²) in [5, 5.41) is 11.1. The molecule has 21 heavy (non-hydrogen) atoms. The summed E-state index contributed by atoms with van der Waals surface area (Å²) >= 11 is 1.66. The first-order chi connectivity index (χ1) is 10.2. The van der Waals surface area contributed by atoms with E-state index in [0.29, 0.717) is 0 Å². The summed E-state index contributed by atoms with van der Waals surface area (Å²) in [6.07, 6.45) is 1.74. The van der Waals surface area contributed by atoms with Crippen LogP contribution in [0.5, 0.6) is 0 Å². The van der Waals surface area contributed by atoms with Crippen molar-refractivity contribution in [3.63, 3.8) is 0 Å². The van der Waals surface area contributed by atoms with Crippen LogP contribution in [0.3, 0.4) is 0 Å². The highest BCUT2D eigenvalue weighted by atomic mass is 32.1. The Labute approximate surface area is 128 Å². The maximum absolute atomic E-state index is 4.60. The molecule has 0 fully saturated rings. The summed E-state index contributed by atoms with van der Waals surface area (Å²) in [6, 6.07) is 4.20. The van der Waals surface area contributed by atoms with Gasteiger partial charge in [0.05, 0.1) is 11.1 Å². The first-order valence-electron chi connectivity index (χ1n) is 7.15. The summed E-state index contributed by atoms with van der Waals surface area (Å²) in [5.74, 6) is 1.83. The Morgan fingerprint density at radius 2 is 2.19 bits per heavy atom. The van der Waals surface area contributed by atoms with Crippen LogP contribution in [-0.4, -0.2) is 26.3 Å². The van der Waals surface area contributed by atoms with Gasteiger partial charge in [0, 0.05) is 32.1 Å². The lowest BCUT2D eigenvalue weighted by molar-refractivity contribution is 0.720. The van der Waals surface area contributed by atoms with Crippen molar-refractivity contribution in [1.29, 1.82) is 0 Å². The van der Waals surface area contributed by atoms with Gasteiger partial charge in [-0.05, 0) is 24.4 Å². The Balaban J connectivity index is 1.74. The van der Waals surface area contributed by atoms with Gasteiger partial charge in [-0.15, -0.1) is 11.3 Å². The van der Waals surface area contributed by atoms with E-state index in [4.69, 9.17) is 0 Å².